The van der Waals surface area contributed by atoms with Gasteiger partial charge in [0.2, 0.25) is 0 Å². The molecule has 0 fully saturated rings. The largest absolute Gasteiger partial charge is 0.456 e. The first-order valence-corrected chi connectivity index (χ1v) is 10.9. The molecule has 0 atom stereocenters. The van der Waals surface area contributed by atoms with E-state index in [1.807, 2.05) is 0 Å². The lowest BCUT2D eigenvalue weighted by Gasteiger charge is -2.18. The maximum absolute atomic E-state index is 12.8. The van der Waals surface area contributed by atoms with E-state index in [0.717, 1.165) is 0 Å². The third-order valence-corrected chi connectivity index (χ3v) is 5.80. The molecule has 0 spiro atoms. The first kappa shape index (κ1) is 22.1. The molecule has 166 valence electrons. The number of carbonyl (C=O) groups excluding carboxylic acids is 5. The molecule has 3 aromatic rings. The summed E-state index contributed by atoms with van der Waals surface area (Å²) < 4.78 is 4.93. The first-order chi connectivity index (χ1) is 15.9. The highest BCUT2D eigenvalue weighted by Crippen LogP contribution is 2.29. The van der Waals surface area contributed by atoms with Crippen LogP contribution in [0.5, 0.6) is 0 Å². The molecule has 0 bridgehead atoms. The van der Waals surface area contributed by atoms with E-state index >= 15 is 0 Å². The van der Waals surface area contributed by atoms with Crippen molar-refractivity contribution in [2.24, 2.45) is 0 Å². The van der Waals surface area contributed by atoms with Crippen molar-refractivity contribution in [2.45, 2.75) is 6.42 Å². The summed E-state index contributed by atoms with van der Waals surface area (Å²) in [5.41, 5.74) is 1.45. The average molecular weight is 462 g/mol. The Kier molecular flexibility index (Phi) is 6.41. The van der Waals surface area contributed by atoms with Gasteiger partial charge in [0, 0.05) is 34.5 Å². The molecule has 0 unspecified atom stereocenters. The number of anilines is 1. The Hall–Kier alpha value is -4.11. The molecular formula is C24H18N2O6S. The maximum Gasteiger partial charge on any atom is 0.308 e. The van der Waals surface area contributed by atoms with E-state index in [-0.39, 0.29) is 41.6 Å². The molecule has 0 saturated heterocycles. The standard InChI is InChI=1S/C24H18N2O6S/c27-20(13-32-21(28)9-10-25-24(31)19-6-3-11-33-19)26-14-7-8-17-18(12-14)23(30)16-5-2-1-4-15(16)22(17)29/h1-8,11-12H,9-10,13H2,(H,25,31)(H,26,27). The predicted octanol–water partition coefficient (Wildman–Crippen LogP) is 2.83. The lowest BCUT2D eigenvalue weighted by atomic mass is 9.84. The Balaban J connectivity index is 1.28. The lowest BCUT2D eigenvalue weighted by molar-refractivity contribution is -0.147. The van der Waals surface area contributed by atoms with Crippen molar-refractivity contribution in [3.63, 3.8) is 0 Å². The van der Waals surface area contributed by atoms with Gasteiger partial charge in [-0.1, -0.05) is 30.3 Å². The van der Waals surface area contributed by atoms with E-state index in [4.69, 9.17) is 4.74 Å². The molecule has 2 N–H and O–H groups in total. The van der Waals surface area contributed by atoms with Crippen LogP contribution in [0.25, 0.3) is 0 Å². The third-order valence-electron chi connectivity index (χ3n) is 4.93. The second-order valence-corrected chi connectivity index (χ2v) is 8.10. The van der Waals surface area contributed by atoms with Crippen molar-refractivity contribution in [1.82, 2.24) is 5.32 Å². The minimum Gasteiger partial charge on any atom is -0.456 e. The molecular weight excluding hydrogens is 444 g/mol. The molecule has 0 saturated carbocycles. The number of thiophene rings is 1. The van der Waals surface area contributed by atoms with Crippen LogP contribution in [0, 0.1) is 0 Å². The van der Waals surface area contributed by atoms with E-state index in [2.05, 4.69) is 10.6 Å². The molecule has 2 aromatic carbocycles. The number of nitrogens with one attached hydrogen (secondary N) is 2. The van der Waals surface area contributed by atoms with Crippen molar-refractivity contribution >= 4 is 46.4 Å². The smallest absolute Gasteiger partial charge is 0.308 e. The maximum atomic E-state index is 12.8. The van der Waals surface area contributed by atoms with Crippen molar-refractivity contribution in [1.29, 1.82) is 0 Å². The molecule has 9 heteroatoms. The molecule has 1 aromatic heterocycles. The molecule has 0 radical (unpaired) electrons. The van der Waals surface area contributed by atoms with Crippen LogP contribution in [0.3, 0.4) is 0 Å². The van der Waals surface area contributed by atoms with Crippen molar-refractivity contribution in [2.75, 3.05) is 18.5 Å². The lowest BCUT2D eigenvalue weighted by Crippen LogP contribution is -2.27. The number of hydrogen-bond donors (Lipinski definition) is 2. The minimum atomic E-state index is -0.639. The van der Waals surface area contributed by atoms with Crippen LogP contribution in [0.2, 0.25) is 0 Å². The topological polar surface area (TPSA) is 119 Å². The van der Waals surface area contributed by atoms with Gasteiger partial charge < -0.3 is 15.4 Å². The quantitative estimate of drug-likeness (QED) is 0.408. The van der Waals surface area contributed by atoms with E-state index in [1.165, 1.54) is 29.5 Å². The van der Waals surface area contributed by atoms with Crippen LogP contribution in [-0.4, -0.2) is 42.5 Å². The van der Waals surface area contributed by atoms with Gasteiger partial charge in [0.1, 0.15) is 0 Å². The zero-order valence-corrected chi connectivity index (χ0v) is 18.1. The number of ketones is 2. The highest BCUT2D eigenvalue weighted by Gasteiger charge is 2.29. The number of fused-ring (bicyclic) bond motifs is 2. The second kappa shape index (κ2) is 9.58. The number of hydrogen-bond acceptors (Lipinski definition) is 7. The number of carbonyl (C=O) groups is 5. The van der Waals surface area contributed by atoms with Gasteiger partial charge in [-0.05, 0) is 29.6 Å². The summed E-state index contributed by atoms with van der Waals surface area (Å²) in [6.07, 6.45) is -0.0841. The summed E-state index contributed by atoms with van der Waals surface area (Å²) >= 11 is 1.29. The van der Waals surface area contributed by atoms with Crippen molar-refractivity contribution in [3.05, 3.63) is 87.1 Å². The van der Waals surface area contributed by atoms with Crippen molar-refractivity contribution < 1.29 is 28.7 Å². The normalized spacial score (nSPS) is 11.9. The highest BCUT2D eigenvalue weighted by atomic mass is 32.1. The predicted molar refractivity (Wildman–Crippen MR) is 121 cm³/mol. The zero-order valence-electron chi connectivity index (χ0n) is 17.3. The molecule has 33 heavy (non-hydrogen) atoms. The summed E-state index contributed by atoms with van der Waals surface area (Å²) in [7, 11) is 0. The summed E-state index contributed by atoms with van der Waals surface area (Å²) in [4.78, 5) is 61.7. The molecule has 1 aliphatic rings. The molecule has 2 amide bonds. The number of rotatable bonds is 7. The first-order valence-electron chi connectivity index (χ1n) is 10.0. The van der Waals surface area contributed by atoms with Gasteiger partial charge in [-0.3, -0.25) is 24.0 Å². The number of esters is 1. The Bertz CT molecular complexity index is 1270. The average Bonchev–Trinajstić information content (AvgIpc) is 3.36. The number of benzene rings is 2. The molecule has 1 aliphatic carbocycles. The SMILES string of the molecule is O=C(COC(=O)CCNC(=O)c1cccs1)Nc1ccc2c(c1)C(=O)c1ccccc1C2=O. The highest BCUT2D eigenvalue weighted by molar-refractivity contribution is 7.12. The molecule has 1 heterocycles. The van der Waals surface area contributed by atoms with E-state index < -0.39 is 18.5 Å². The summed E-state index contributed by atoms with van der Waals surface area (Å²) in [5.74, 6) is -2.07. The monoisotopic (exact) mass is 462 g/mol. The van der Waals surface area contributed by atoms with Crippen LogP contribution in [0.1, 0.15) is 47.9 Å². The number of ether oxygens (including phenoxy) is 1. The summed E-state index contributed by atoms with van der Waals surface area (Å²) in [5, 5.41) is 6.92. The van der Waals surface area contributed by atoms with Gasteiger partial charge >= 0.3 is 5.97 Å². The van der Waals surface area contributed by atoms with E-state index in [1.54, 1.807) is 41.8 Å². The van der Waals surface area contributed by atoms with Crippen molar-refractivity contribution in [3.8, 4) is 0 Å². The van der Waals surface area contributed by atoms with Crippen LogP contribution in [0.4, 0.5) is 5.69 Å². The second-order valence-electron chi connectivity index (χ2n) is 7.16. The van der Waals surface area contributed by atoms with Crippen LogP contribution < -0.4 is 10.6 Å². The minimum absolute atomic E-state index is 0.0830. The molecule has 0 aliphatic heterocycles. The fourth-order valence-electron chi connectivity index (χ4n) is 3.37. The van der Waals surface area contributed by atoms with Crippen LogP contribution >= 0.6 is 11.3 Å². The van der Waals surface area contributed by atoms with Gasteiger partial charge in [0.15, 0.2) is 18.2 Å². The van der Waals surface area contributed by atoms with Gasteiger partial charge in [-0.15, -0.1) is 11.3 Å². The summed E-state index contributed by atoms with van der Waals surface area (Å²) in [6, 6.07) is 14.4. The number of amides is 2. The summed E-state index contributed by atoms with van der Waals surface area (Å²) in [6.45, 7) is -0.440. The van der Waals surface area contributed by atoms with Gasteiger partial charge in [0.05, 0.1) is 11.3 Å². The van der Waals surface area contributed by atoms with Gasteiger partial charge in [0.25, 0.3) is 11.8 Å². The van der Waals surface area contributed by atoms with Crippen LogP contribution in [0.15, 0.2) is 60.0 Å². The fraction of sp³-hybridized carbons (Fsp3) is 0.125. The fourth-order valence-corrected chi connectivity index (χ4v) is 4.01. The zero-order chi connectivity index (χ0) is 23.4. The van der Waals surface area contributed by atoms with E-state index in [9.17, 15) is 24.0 Å². The molecule has 8 nitrogen and oxygen atoms in total. The van der Waals surface area contributed by atoms with Crippen LogP contribution in [-0.2, 0) is 14.3 Å². The Labute approximate surface area is 192 Å². The molecule has 4 rings (SSSR count). The van der Waals surface area contributed by atoms with Gasteiger partial charge in [-0.2, -0.15) is 0 Å². The van der Waals surface area contributed by atoms with Gasteiger partial charge in [-0.25, -0.2) is 0 Å². The Morgan fingerprint density at radius 3 is 2.24 bits per heavy atom. The Morgan fingerprint density at radius 1 is 0.848 bits per heavy atom. The Morgan fingerprint density at radius 2 is 1.55 bits per heavy atom. The van der Waals surface area contributed by atoms with E-state index in [0.29, 0.717) is 21.7 Å². The third kappa shape index (κ3) is 4.88.